The third-order valence-electron chi connectivity index (χ3n) is 2.56. The van der Waals surface area contributed by atoms with Gasteiger partial charge in [-0.15, -0.1) is 0 Å². The van der Waals surface area contributed by atoms with Gasteiger partial charge in [-0.3, -0.25) is 9.59 Å². The standard InChI is InChI=1S/C11H11BrN2O2/c1-2-14-6-9(15)4-7-3-8(12)5-13-10(7)11(14)16/h3,5H,2,4,6H2,1H3. The summed E-state index contributed by atoms with van der Waals surface area (Å²) in [6, 6.07) is 1.79. The second kappa shape index (κ2) is 4.33. The van der Waals surface area contributed by atoms with E-state index in [9.17, 15) is 9.59 Å². The van der Waals surface area contributed by atoms with E-state index in [-0.39, 0.29) is 24.7 Å². The number of hydrogen-bond donors (Lipinski definition) is 0. The van der Waals surface area contributed by atoms with Gasteiger partial charge in [0.1, 0.15) is 5.69 Å². The molecule has 0 radical (unpaired) electrons. The second-order valence-corrected chi connectivity index (χ2v) is 4.61. The van der Waals surface area contributed by atoms with Crippen molar-refractivity contribution in [1.29, 1.82) is 0 Å². The Labute approximate surface area is 102 Å². The maximum absolute atomic E-state index is 12.0. The zero-order valence-electron chi connectivity index (χ0n) is 8.86. The van der Waals surface area contributed by atoms with E-state index in [0.29, 0.717) is 17.8 Å². The minimum Gasteiger partial charge on any atom is -0.330 e. The minimum atomic E-state index is -0.157. The van der Waals surface area contributed by atoms with E-state index in [1.165, 1.54) is 4.90 Å². The Kier molecular flexibility index (Phi) is 3.05. The van der Waals surface area contributed by atoms with Gasteiger partial charge < -0.3 is 4.90 Å². The average molecular weight is 283 g/mol. The maximum atomic E-state index is 12.0. The van der Waals surface area contributed by atoms with Gasteiger partial charge in [-0.25, -0.2) is 4.98 Å². The van der Waals surface area contributed by atoms with Crippen molar-refractivity contribution in [2.75, 3.05) is 13.1 Å². The highest BCUT2D eigenvalue weighted by Crippen LogP contribution is 2.19. The summed E-state index contributed by atoms with van der Waals surface area (Å²) in [5.74, 6) is -0.107. The van der Waals surface area contributed by atoms with Crippen molar-refractivity contribution >= 4 is 27.6 Å². The molecule has 0 saturated heterocycles. The molecule has 16 heavy (non-hydrogen) atoms. The van der Waals surface area contributed by atoms with Crippen LogP contribution < -0.4 is 0 Å². The summed E-state index contributed by atoms with van der Waals surface area (Å²) in [6.45, 7) is 2.57. The molecule has 0 unspecified atom stereocenters. The summed E-state index contributed by atoms with van der Waals surface area (Å²) >= 11 is 3.29. The lowest BCUT2D eigenvalue weighted by atomic mass is 10.1. The lowest BCUT2D eigenvalue weighted by Gasteiger charge is -2.16. The summed E-state index contributed by atoms with van der Waals surface area (Å²) in [5.41, 5.74) is 1.11. The Hall–Kier alpha value is -1.23. The number of halogens is 1. The molecule has 1 aromatic rings. The number of Topliss-reactive ketones (excluding diaryl/α,β-unsaturated/α-hetero) is 1. The van der Waals surface area contributed by atoms with Crippen LogP contribution in [0.5, 0.6) is 0 Å². The fourth-order valence-electron chi connectivity index (χ4n) is 1.77. The maximum Gasteiger partial charge on any atom is 0.273 e. The molecule has 0 aliphatic carbocycles. The first kappa shape index (κ1) is 11.3. The molecule has 1 aliphatic heterocycles. The summed E-state index contributed by atoms with van der Waals surface area (Å²) in [4.78, 5) is 29.3. The van der Waals surface area contributed by atoms with Crippen molar-refractivity contribution in [2.24, 2.45) is 0 Å². The Balaban J connectivity index is 2.50. The normalized spacial score (nSPS) is 16.0. The Morgan fingerprint density at radius 1 is 1.50 bits per heavy atom. The van der Waals surface area contributed by atoms with Gasteiger partial charge in [0.2, 0.25) is 0 Å². The van der Waals surface area contributed by atoms with Crippen LogP contribution in [-0.4, -0.2) is 34.7 Å². The first-order valence-electron chi connectivity index (χ1n) is 5.07. The monoisotopic (exact) mass is 282 g/mol. The quantitative estimate of drug-likeness (QED) is 0.783. The molecular weight excluding hydrogens is 272 g/mol. The van der Waals surface area contributed by atoms with Crippen LogP contribution in [0.25, 0.3) is 0 Å². The van der Waals surface area contributed by atoms with E-state index in [1.807, 2.05) is 6.92 Å². The predicted molar refractivity (Wildman–Crippen MR) is 62.2 cm³/mol. The van der Waals surface area contributed by atoms with E-state index in [4.69, 9.17) is 0 Å². The van der Waals surface area contributed by atoms with Crippen LogP contribution in [0, 0.1) is 0 Å². The molecule has 0 N–H and O–H groups in total. The van der Waals surface area contributed by atoms with E-state index >= 15 is 0 Å². The number of fused-ring (bicyclic) bond motifs is 1. The number of likely N-dealkylation sites (N-methyl/N-ethyl adjacent to an activating group) is 1. The predicted octanol–water partition coefficient (Wildman–Crippen LogP) is 1.43. The summed E-state index contributed by atoms with van der Waals surface area (Å²) < 4.78 is 0.789. The number of hydrogen-bond acceptors (Lipinski definition) is 3. The lowest BCUT2D eigenvalue weighted by Crippen LogP contribution is -2.34. The number of carbonyl (C=O) groups excluding carboxylic acids is 2. The van der Waals surface area contributed by atoms with E-state index in [2.05, 4.69) is 20.9 Å². The second-order valence-electron chi connectivity index (χ2n) is 3.70. The van der Waals surface area contributed by atoms with Gasteiger partial charge in [-0.1, -0.05) is 0 Å². The molecule has 0 bridgehead atoms. The third-order valence-corrected chi connectivity index (χ3v) is 2.99. The van der Waals surface area contributed by atoms with Crippen molar-refractivity contribution in [1.82, 2.24) is 9.88 Å². The Bertz CT molecular complexity index is 459. The van der Waals surface area contributed by atoms with Crippen LogP contribution in [-0.2, 0) is 11.2 Å². The number of aromatic nitrogens is 1. The molecule has 4 nitrogen and oxygen atoms in total. The largest absolute Gasteiger partial charge is 0.330 e. The van der Waals surface area contributed by atoms with Gasteiger partial charge in [0.05, 0.1) is 6.54 Å². The molecule has 84 valence electrons. The van der Waals surface area contributed by atoms with Crippen molar-refractivity contribution in [3.63, 3.8) is 0 Å². The smallest absolute Gasteiger partial charge is 0.273 e. The van der Waals surface area contributed by atoms with Crippen molar-refractivity contribution in [3.8, 4) is 0 Å². The first-order valence-corrected chi connectivity index (χ1v) is 5.86. The van der Waals surface area contributed by atoms with Crippen LogP contribution in [0.3, 0.4) is 0 Å². The van der Waals surface area contributed by atoms with Crippen LogP contribution in [0.2, 0.25) is 0 Å². The molecule has 1 aliphatic rings. The van der Waals surface area contributed by atoms with Gasteiger partial charge in [-0.05, 0) is 34.5 Å². The van der Waals surface area contributed by atoms with Gasteiger partial charge in [-0.2, -0.15) is 0 Å². The first-order chi connectivity index (χ1) is 7.61. The van der Waals surface area contributed by atoms with E-state index in [1.54, 1.807) is 12.3 Å². The molecule has 0 saturated carbocycles. The van der Waals surface area contributed by atoms with Crippen LogP contribution in [0.15, 0.2) is 16.7 Å². The van der Waals surface area contributed by atoms with Crippen molar-refractivity contribution in [2.45, 2.75) is 13.3 Å². The lowest BCUT2D eigenvalue weighted by molar-refractivity contribution is -0.118. The number of carbonyl (C=O) groups is 2. The third kappa shape index (κ3) is 2.00. The highest BCUT2D eigenvalue weighted by Gasteiger charge is 2.26. The summed E-state index contributed by atoms with van der Waals surface area (Å²) in [7, 11) is 0. The molecule has 0 aromatic carbocycles. The Morgan fingerprint density at radius 2 is 2.25 bits per heavy atom. The highest BCUT2D eigenvalue weighted by atomic mass is 79.9. The van der Waals surface area contributed by atoms with Gasteiger partial charge in [0.25, 0.3) is 5.91 Å². The van der Waals surface area contributed by atoms with Gasteiger partial charge >= 0.3 is 0 Å². The van der Waals surface area contributed by atoms with Crippen molar-refractivity contribution in [3.05, 3.63) is 28.0 Å². The van der Waals surface area contributed by atoms with Crippen LogP contribution >= 0.6 is 15.9 Å². The zero-order chi connectivity index (χ0) is 11.7. The van der Waals surface area contributed by atoms with Crippen LogP contribution in [0.4, 0.5) is 0 Å². The van der Waals surface area contributed by atoms with Crippen molar-refractivity contribution < 1.29 is 9.59 Å². The number of pyridine rings is 1. The molecule has 0 fully saturated rings. The molecule has 1 amide bonds. The minimum absolute atomic E-state index is 0.0499. The SMILES string of the molecule is CCN1CC(=O)Cc2cc(Br)cnc2C1=O. The molecule has 5 heteroatoms. The number of rotatable bonds is 1. The number of amides is 1. The molecule has 2 rings (SSSR count). The number of ketones is 1. The van der Waals surface area contributed by atoms with Gasteiger partial charge in [0.15, 0.2) is 5.78 Å². The molecule has 0 atom stereocenters. The van der Waals surface area contributed by atoms with Crippen LogP contribution in [0.1, 0.15) is 23.0 Å². The summed E-state index contributed by atoms with van der Waals surface area (Å²) in [6.07, 6.45) is 1.87. The Morgan fingerprint density at radius 3 is 2.94 bits per heavy atom. The topological polar surface area (TPSA) is 50.3 Å². The zero-order valence-corrected chi connectivity index (χ0v) is 10.5. The van der Waals surface area contributed by atoms with E-state index < -0.39 is 0 Å². The van der Waals surface area contributed by atoms with E-state index in [0.717, 1.165) is 4.47 Å². The molecule has 0 spiro atoms. The highest BCUT2D eigenvalue weighted by molar-refractivity contribution is 9.10. The average Bonchev–Trinajstić information content (AvgIpc) is 2.35. The molecule has 1 aromatic heterocycles. The molecule has 2 heterocycles. The number of nitrogens with zero attached hydrogens (tertiary/aromatic N) is 2. The fraction of sp³-hybridized carbons (Fsp3) is 0.364. The van der Waals surface area contributed by atoms with Gasteiger partial charge in [0, 0.05) is 23.6 Å². The fourth-order valence-corrected chi connectivity index (χ4v) is 2.15. The summed E-state index contributed by atoms with van der Waals surface area (Å²) in [5, 5.41) is 0. The molecular formula is C11H11BrN2O2.